The predicted octanol–water partition coefficient (Wildman–Crippen LogP) is 4.21. The Hall–Kier alpha value is -3.25. The third kappa shape index (κ3) is 4.03. The first-order valence-corrected chi connectivity index (χ1v) is 10.6. The molecule has 0 radical (unpaired) electrons. The van der Waals surface area contributed by atoms with Gasteiger partial charge in [-0.15, -0.1) is 0 Å². The van der Waals surface area contributed by atoms with Gasteiger partial charge in [-0.2, -0.15) is 0 Å². The van der Waals surface area contributed by atoms with Gasteiger partial charge in [0.25, 0.3) is 5.56 Å². The van der Waals surface area contributed by atoms with Crippen molar-refractivity contribution in [1.82, 2.24) is 14.5 Å². The monoisotopic (exact) mass is 416 g/mol. The summed E-state index contributed by atoms with van der Waals surface area (Å²) in [6, 6.07) is 11.6. The second-order valence-electron chi connectivity index (χ2n) is 8.46. The highest BCUT2D eigenvalue weighted by atomic mass is 16.5. The maximum Gasteiger partial charge on any atom is 0.260 e. The van der Waals surface area contributed by atoms with E-state index in [0.717, 1.165) is 39.7 Å². The molecular weight excluding hydrogens is 388 g/mol. The molecule has 2 N–H and O–H groups in total. The molecule has 4 rings (SSSR count). The highest BCUT2D eigenvalue weighted by Gasteiger charge is 2.17. The number of nitrogens with zero attached hydrogens (tertiary/aromatic N) is 3. The summed E-state index contributed by atoms with van der Waals surface area (Å²) in [7, 11) is 1.78. The number of ether oxygens (including phenoxy) is 1. The van der Waals surface area contributed by atoms with Crippen molar-refractivity contribution in [3.63, 3.8) is 0 Å². The number of aromatic nitrogens is 3. The van der Waals surface area contributed by atoms with E-state index in [4.69, 9.17) is 10.5 Å². The first-order chi connectivity index (χ1) is 14.9. The fourth-order valence-electron chi connectivity index (χ4n) is 4.11. The van der Waals surface area contributed by atoms with E-state index in [1.807, 2.05) is 37.3 Å². The molecule has 31 heavy (non-hydrogen) atoms. The lowest BCUT2D eigenvalue weighted by molar-refractivity contribution is 0.272. The lowest BCUT2D eigenvalue weighted by Gasteiger charge is -2.19. The molecule has 0 aliphatic rings. The molecule has 0 saturated heterocycles. The van der Waals surface area contributed by atoms with Crippen LogP contribution in [0.15, 0.2) is 53.6 Å². The van der Waals surface area contributed by atoms with Crippen LogP contribution in [0.4, 0.5) is 0 Å². The van der Waals surface area contributed by atoms with Crippen molar-refractivity contribution >= 4 is 21.7 Å². The summed E-state index contributed by atoms with van der Waals surface area (Å²) >= 11 is 0. The van der Waals surface area contributed by atoms with Crippen molar-refractivity contribution in [2.45, 2.75) is 33.2 Å². The molecule has 0 amide bonds. The summed E-state index contributed by atoms with van der Waals surface area (Å²) in [5.41, 5.74) is 9.40. The molecule has 1 atom stereocenters. The molecule has 4 aromatic rings. The van der Waals surface area contributed by atoms with Crippen LogP contribution in [-0.2, 0) is 7.05 Å². The standard InChI is InChI=1S/C25H28N4O2/c1-15(2)11-17(26)14-31-23-13-22-19(12-20(23)21-7-5-6-9-28-21)18-8-10-27-16(3)24(18)25(30)29(22)4/h5-10,12-13,15,17H,11,14,26H2,1-4H3. The highest BCUT2D eigenvalue weighted by molar-refractivity contribution is 6.08. The molecule has 3 aromatic heterocycles. The van der Waals surface area contributed by atoms with Crippen LogP contribution in [0.3, 0.4) is 0 Å². The fourth-order valence-corrected chi connectivity index (χ4v) is 4.11. The molecule has 1 aromatic carbocycles. The van der Waals surface area contributed by atoms with E-state index in [9.17, 15) is 4.79 Å². The SMILES string of the molecule is Cc1nccc2c1c(=O)n(C)c1cc(OCC(N)CC(C)C)c(-c3ccccn3)cc21. The van der Waals surface area contributed by atoms with Gasteiger partial charge >= 0.3 is 0 Å². The number of pyridine rings is 3. The second kappa shape index (κ2) is 8.47. The zero-order valence-electron chi connectivity index (χ0n) is 18.4. The van der Waals surface area contributed by atoms with Crippen molar-refractivity contribution in [1.29, 1.82) is 0 Å². The van der Waals surface area contributed by atoms with Crippen LogP contribution in [0, 0.1) is 12.8 Å². The summed E-state index contributed by atoms with van der Waals surface area (Å²) in [6.45, 7) is 6.55. The van der Waals surface area contributed by atoms with E-state index in [1.54, 1.807) is 24.0 Å². The molecule has 160 valence electrons. The average Bonchev–Trinajstić information content (AvgIpc) is 2.75. The number of benzene rings is 1. The van der Waals surface area contributed by atoms with E-state index in [0.29, 0.717) is 23.7 Å². The van der Waals surface area contributed by atoms with Crippen molar-refractivity contribution in [3.8, 4) is 17.0 Å². The van der Waals surface area contributed by atoms with Crippen LogP contribution in [0.2, 0.25) is 0 Å². The maximum absolute atomic E-state index is 13.1. The Morgan fingerprint density at radius 1 is 1.10 bits per heavy atom. The topological polar surface area (TPSA) is 83.0 Å². The first kappa shape index (κ1) is 21.0. The molecule has 0 fully saturated rings. The molecule has 0 aliphatic heterocycles. The summed E-state index contributed by atoms with van der Waals surface area (Å²) in [6.07, 6.45) is 4.38. The summed E-state index contributed by atoms with van der Waals surface area (Å²) in [5, 5.41) is 2.48. The van der Waals surface area contributed by atoms with Gasteiger partial charge in [-0.05, 0) is 48.9 Å². The molecule has 0 saturated carbocycles. The maximum atomic E-state index is 13.1. The number of aryl methyl sites for hydroxylation is 2. The Balaban J connectivity index is 1.95. The third-order valence-electron chi connectivity index (χ3n) is 5.58. The summed E-state index contributed by atoms with van der Waals surface area (Å²) in [5.74, 6) is 1.17. The van der Waals surface area contributed by atoms with Gasteiger partial charge in [0.2, 0.25) is 0 Å². The van der Waals surface area contributed by atoms with Gasteiger partial charge < -0.3 is 15.0 Å². The molecule has 0 bridgehead atoms. The Morgan fingerprint density at radius 3 is 2.61 bits per heavy atom. The van der Waals surface area contributed by atoms with E-state index < -0.39 is 0 Å². The minimum atomic E-state index is -0.0684. The lowest BCUT2D eigenvalue weighted by Crippen LogP contribution is -2.29. The molecular formula is C25H28N4O2. The zero-order valence-corrected chi connectivity index (χ0v) is 18.4. The van der Waals surface area contributed by atoms with Crippen LogP contribution >= 0.6 is 0 Å². The molecule has 0 aliphatic carbocycles. The molecule has 0 spiro atoms. The summed E-state index contributed by atoms with van der Waals surface area (Å²) in [4.78, 5) is 21.9. The van der Waals surface area contributed by atoms with Crippen molar-refractivity contribution in [2.24, 2.45) is 18.7 Å². The van der Waals surface area contributed by atoms with Gasteiger partial charge in [0.05, 0.1) is 22.3 Å². The largest absolute Gasteiger partial charge is 0.491 e. The van der Waals surface area contributed by atoms with Gasteiger partial charge in [0, 0.05) is 42.5 Å². The van der Waals surface area contributed by atoms with Gasteiger partial charge in [-0.1, -0.05) is 19.9 Å². The number of nitrogens with two attached hydrogens (primary N) is 1. The quantitative estimate of drug-likeness (QED) is 0.476. The first-order valence-electron chi connectivity index (χ1n) is 10.6. The molecule has 1 unspecified atom stereocenters. The van der Waals surface area contributed by atoms with E-state index in [1.165, 1.54) is 0 Å². The van der Waals surface area contributed by atoms with E-state index in [2.05, 4.69) is 29.9 Å². The number of hydrogen-bond donors (Lipinski definition) is 1. The van der Waals surface area contributed by atoms with Crippen LogP contribution in [0.25, 0.3) is 32.9 Å². The minimum absolute atomic E-state index is 0.0681. The van der Waals surface area contributed by atoms with Gasteiger partial charge in [0.15, 0.2) is 0 Å². The smallest absolute Gasteiger partial charge is 0.260 e. The van der Waals surface area contributed by atoms with E-state index in [-0.39, 0.29) is 11.6 Å². The Labute approximate surface area is 181 Å². The number of hydrogen-bond acceptors (Lipinski definition) is 5. The van der Waals surface area contributed by atoms with Crippen molar-refractivity contribution in [3.05, 3.63) is 64.8 Å². The van der Waals surface area contributed by atoms with Crippen LogP contribution in [0.1, 0.15) is 26.0 Å². The molecule has 3 heterocycles. The van der Waals surface area contributed by atoms with Gasteiger partial charge in [-0.3, -0.25) is 14.8 Å². The minimum Gasteiger partial charge on any atom is -0.491 e. The van der Waals surface area contributed by atoms with Crippen LogP contribution in [-0.4, -0.2) is 27.2 Å². The van der Waals surface area contributed by atoms with Crippen molar-refractivity contribution < 1.29 is 4.74 Å². The Bertz CT molecular complexity index is 1300. The third-order valence-corrected chi connectivity index (χ3v) is 5.58. The number of fused-ring (bicyclic) bond motifs is 3. The van der Waals surface area contributed by atoms with Gasteiger partial charge in [0.1, 0.15) is 12.4 Å². The molecule has 6 heteroatoms. The average molecular weight is 417 g/mol. The van der Waals surface area contributed by atoms with Crippen LogP contribution < -0.4 is 16.0 Å². The van der Waals surface area contributed by atoms with Crippen LogP contribution in [0.5, 0.6) is 5.75 Å². The molecule has 6 nitrogen and oxygen atoms in total. The second-order valence-corrected chi connectivity index (χ2v) is 8.46. The Kier molecular flexibility index (Phi) is 5.74. The Morgan fingerprint density at radius 2 is 1.90 bits per heavy atom. The number of rotatable bonds is 6. The predicted molar refractivity (Wildman–Crippen MR) is 125 cm³/mol. The van der Waals surface area contributed by atoms with E-state index >= 15 is 0 Å². The van der Waals surface area contributed by atoms with Gasteiger partial charge in [-0.25, -0.2) is 0 Å². The van der Waals surface area contributed by atoms with Crippen molar-refractivity contribution in [2.75, 3.05) is 6.61 Å². The fraction of sp³-hybridized carbons (Fsp3) is 0.320. The highest BCUT2D eigenvalue weighted by Crippen LogP contribution is 2.35. The zero-order chi connectivity index (χ0) is 22.1. The summed E-state index contributed by atoms with van der Waals surface area (Å²) < 4.78 is 7.86. The lowest BCUT2D eigenvalue weighted by atomic mass is 10.0. The normalized spacial score (nSPS) is 12.6.